The number of carbonyl (C=O) groups is 1. The summed E-state index contributed by atoms with van der Waals surface area (Å²) < 4.78 is 6.16. The van der Waals surface area contributed by atoms with E-state index < -0.39 is 4.92 Å². The van der Waals surface area contributed by atoms with Gasteiger partial charge in [-0.2, -0.15) is 0 Å². The standard InChI is InChI=1S/C22H27N3O4/c1-15-7-8-16(2)21(13-15)29-20-9-11-24(12-10-20)22(26)23-17(3)18-5-4-6-19(14-18)25(27)28/h4-8,13-14,17,20H,9-12H2,1-3H3,(H,23,26). The molecular formula is C22H27N3O4. The van der Waals surface area contributed by atoms with Crippen LogP contribution in [0.3, 0.4) is 0 Å². The number of likely N-dealkylation sites (tertiary alicyclic amines) is 1. The number of urea groups is 1. The van der Waals surface area contributed by atoms with Crippen LogP contribution in [-0.2, 0) is 0 Å². The second kappa shape index (κ2) is 8.94. The van der Waals surface area contributed by atoms with E-state index in [1.165, 1.54) is 12.1 Å². The van der Waals surface area contributed by atoms with Crippen LogP contribution in [0.5, 0.6) is 5.75 Å². The van der Waals surface area contributed by atoms with Gasteiger partial charge in [0.1, 0.15) is 11.9 Å². The van der Waals surface area contributed by atoms with Gasteiger partial charge in [0.2, 0.25) is 0 Å². The predicted molar refractivity (Wildman–Crippen MR) is 111 cm³/mol. The predicted octanol–water partition coefficient (Wildman–Crippen LogP) is 4.53. The summed E-state index contributed by atoms with van der Waals surface area (Å²) in [4.78, 5) is 24.9. The molecule has 154 valence electrons. The first-order valence-electron chi connectivity index (χ1n) is 9.87. The maximum Gasteiger partial charge on any atom is 0.317 e. The van der Waals surface area contributed by atoms with Gasteiger partial charge in [-0.25, -0.2) is 4.79 Å². The molecule has 0 spiro atoms. The first-order chi connectivity index (χ1) is 13.8. The van der Waals surface area contributed by atoms with Gasteiger partial charge in [-0.15, -0.1) is 0 Å². The van der Waals surface area contributed by atoms with Crippen molar-refractivity contribution in [2.75, 3.05) is 13.1 Å². The fraction of sp³-hybridized carbons (Fsp3) is 0.409. The van der Waals surface area contributed by atoms with Gasteiger partial charge in [-0.1, -0.05) is 24.3 Å². The Balaban J connectivity index is 1.52. The Morgan fingerprint density at radius 1 is 1.21 bits per heavy atom. The molecule has 0 saturated carbocycles. The number of carbonyl (C=O) groups excluding carboxylic acids is 1. The zero-order chi connectivity index (χ0) is 21.0. The van der Waals surface area contributed by atoms with Gasteiger partial charge < -0.3 is 15.0 Å². The first-order valence-corrected chi connectivity index (χ1v) is 9.87. The minimum Gasteiger partial charge on any atom is -0.490 e. The van der Waals surface area contributed by atoms with Gasteiger partial charge >= 0.3 is 6.03 Å². The smallest absolute Gasteiger partial charge is 0.317 e. The van der Waals surface area contributed by atoms with Crippen LogP contribution in [0.2, 0.25) is 0 Å². The van der Waals surface area contributed by atoms with Crippen LogP contribution in [0.4, 0.5) is 10.5 Å². The number of nitro benzene ring substituents is 1. The Morgan fingerprint density at radius 2 is 1.93 bits per heavy atom. The number of ether oxygens (including phenoxy) is 1. The Kier molecular flexibility index (Phi) is 6.36. The average molecular weight is 397 g/mol. The van der Waals surface area contributed by atoms with Gasteiger partial charge in [-0.3, -0.25) is 10.1 Å². The van der Waals surface area contributed by atoms with Gasteiger partial charge in [0.25, 0.3) is 5.69 Å². The lowest BCUT2D eigenvalue weighted by Gasteiger charge is -2.33. The molecule has 0 radical (unpaired) electrons. The minimum atomic E-state index is -0.432. The van der Waals surface area contributed by atoms with Crippen molar-refractivity contribution >= 4 is 11.7 Å². The van der Waals surface area contributed by atoms with Crippen molar-refractivity contribution in [3.8, 4) is 5.75 Å². The number of aryl methyl sites for hydroxylation is 2. The molecule has 2 aromatic carbocycles. The van der Waals surface area contributed by atoms with Crippen molar-refractivity contribution in [2.24, 2.45) is 0 Å². The Morgan fingerprint density at radius 3 is 2.62 bits per heavy atom. The first kappa shape index (κ1) is 20.6. The third kappa shape index (κ3) is 5.25. The van der Waals surface area contributed by atoms with Crippen molar-refractivity contribution in [1.29, 1.82) is 0 Å². The number of nitrogens with zero attached hydrogens (tertiary/aromatic N) is 2. The lowest BCUT2D eigenvalue weighted by Crippen LogP contribution is -2.47. The summed E-state index contributed by atoms with van der Waals surface area (Å²) in [6.45, 7) is 7.13. The number of rotatable bonds is 5. The van der Waals surface area contributed by atoms with Crippen LogP contribution in [0.15, 0.2) is 42.5 Å². The molecule has 1 heterocycles. The highest BCUT2D eigenvalue weighted by Crippen LogP contribution is 2.24. The van der Waals surface area contributed by atoms with Crippen molar-refractivity contribution in [2.45, 2.75) is 45.8 Å². The summed E-state index contributed by atoms with van der Waals surface area (Å²) in [6, 6.07) is 12.1. The molecule has 0 aliphatic carbocycles. The highest BCUT2D eigenvalue weighted by Gasteiger charge is 2.25. The van der Waals surface area contributed by atoms with E-state index in [0.717, 1.165) is 29.7 Å². The molecule has 1 aliphatic rings. The summed E-state index contributed by atoms with van der Waals surface area (Å²) in [5, 5.41) is 13.9. The third-order valence-corrected chi connectivity index (χ3v) is 5.29. The van der Waals surface area contributed by atoms with Gasteiger partial charge in [0.05, 0.1) is 11.0 Å². The summed E-state index contributed by atoms with van der Waals surface area (Å²) in [5.74, 6) is 0.909. The summed E-state index contributed by atoms with van der Waals surface area (Å²) in [7, 11) is 0. The quantitative estimate of drug-likeness (QED) is 0.593. The van der Waals surface area contributed by atoms with Crippen LogP contribution in [0, 0.1) is 24.0 Å². The molecular weight excluding hydrogens is 370 g/mol. The number of piperidine rings is 1. The number of benzene rings is 2. The Hall–Kier alpha value is -3.09. The molecule has 1 unspecified atom stereocenters. The van der Waals surface area contributed by atoms with E-state index in [1.54, 1.807) is 17.0 Å². The van der Waals surface area contributed by atoms with Crippen LogP contribution >= 0.6 is 0 Å². The highest BCUT2D eigenvalue weighted by molar-refractivity contribution is 5.74. The molecule has 1 atom stereocenters. The van der Waals surface area contributed by atoms with E-state index >= 15 is 0 Å². The van der Waals surface area contributed by atoms with E-state index in [9.17, 15) is 14.9 Å². The lowest BCUT2D eigenvalue weighted by atomic mass is 10.1. The second-order valence-corrected chi connectivity index (χ2v) is 7.60. The van der Waals surface area contributed by atoms with E-state index in [4.69, 9.17) is 4.74 Å². The van der Waals surface area contributed by atoms with Crippen LogP contribution in [-0.4, -0.2) is 35.0 Å². The molecule has 0 aromatic heterocycles. The SMILES string of the molecule is Cc1ccc(C)c(OC2CCN(C(=O)NC(C)c3cccc([N+](=O)[O-])c3)CC2)c1. The molecule has 1 aliphatic heterocycles. The Labute approximate surface area is 170 Å². The van der Waals surface area contributed by atoms with Crippen molar-refractivity contribution in [3.63, 3.8) is 0 Å². The van der Waals surface area contributed by atoms with E-state index in [2.05, 4.69) is 23.5 Å². The van der Waals surface area contributed by atoms with Gasteiger partial charge in [0.15, 0.2) is 0 Å². The number of non-ortho nitro benzene ring substituents is 1. The zero-order valence-electron chi connectivity index (χ0n) is 17.1. The van der Waals surface area contributed by atoms with Crippen LogP contribution in [0.25, 0.3) is 0 Å². The molecule has 1 fully saturated rings. The average Bonchev–Trinajstić information content (AvgIpc) is 2.71. The molecule has 0 bridgehead atoms. The fourth-order valence-electron chi connectivity index (χ4n) is 3.46. The highest BCUT2D eigenvalue weighted by atomic mass is 16.6. The zero-order valence-corrected chi connectivity index (χ0v) is 17.1. The van der Waals surface area contributed by atoms with E-state index in [-0.39, 0.29) is 23.9 Å². The van der Waals surface area contributed by atoms with E-state index in [0.29, 0.717) is 18.7 Å². The normalized spacial score (nSPS) is 15.6. The number of amides is 2. The summed E-state index contributed by atoms with van der Waals surface area (Å²) in [6.07, 6.45) is 1.63. The number of nitro groups is 1. The third-order valence-electron chi connectivity index (χ3n) is 5.29. The van der Waals surface area contributed by atoms with Crippen molar-refractivity contribution < 1.29 is 14.5 Å². The monoisotopic (exact) mass is 397 g/mol. The number of hydrogen-bond acceptors (Lipinski definition) is 4. The van der Waals surface area contributed by atoms with Crippen molar-refractivity contribution in [1.82, 2.24) is 10.2 Å². The van der Waals surface area contributed by atoms with E-state index in [1.807, 2.05) is 20.8 Å². The summed E-state index contributed by atoms with van der Waals surface area (Å²) in [5.41, 5.74) is 3.01. The summed E-state index contributed by atoms with van der Waals surface area (Å²) >= 11 is 0. The van der Waals surface area contributed by atoms with Crippen LogP contribution in [0.1, 0.15) is 42.5 Å². The fourth-order valence-corrected chi connectivity index (χ4v) is 3.46. The molecule has 1 N–H and O–H groups in total. The second-order valence-electron chi connectivity index (χ2n) is 7.60. The van der Waals surface area contributed by atoms with Gasteiger partial charge in [0, 0.05) is 38.1 Å². The van der Waals surface area contributed by atoms with Crippen molar-refractivity contribution in [3.05, 3.63) is 69.3 Å². The molecule has 2 aromatic rings. The lowest BCUT2D eigenvalue weighted by molar-refractivity contribution is -0.384. The molecule has 2 amide bonds. The largest absolute Gasteiger partial charge is 0.490 e. The molecule has 3 rings (SSSR count). The van der Waals surface area contributed by atoms with Gasteiger partial charge in [-0.05, 0) is 43.5 Å². The molecule has 7 heteroatoms. The molecule has 29 heavy (non-hydrogen) atoms. The number of nitrogens with one attached hydrogen (secondary N) is 1. The molecule has 1 saturated heterocycles. The maximum absolute atomic E-state index is 12.6. The Bertz CT molecular complexity index is 891. The molecule has 7 nitrogen and oxygen atoms in total. The maximum atomic E-state index is 12.6. The topological polar surface area (TPSA) is 84.7 Å². The van der Waals surface area contributed by atoms with Crippen LogP contribution < -0.4 is 10.1 Å². The number of hydrogen-bond donors (Lipinski definition) is 1. The minimum absolute atomic E-state index is 0.0213.